The van der Waals surface area contributed by atoms with Gasteiger partial charge in [-0.3, -0.25) is 14.9 Å². The molecule has 4 nitrogen and oxygen atoms in total. The Balaban J connectivity index is 2.23. The summed E-state index contributed by atoms with van der Waals surface area (Å²) in [7, 11) is 0. The third-order valence-corrected chi connectivity index (χ3v) is 3.32. The van der Waals surface area contributed by atoms with Crippen LogP contribution in [0.5, 0.6) is 0 Å². The van der Waals surface area contributed by atoms with Crippen LogP contribution in [-0.4, -0.2) is 17.9 Å². The van der Waals surface area contributed by atoms with E-state index < -0.39 is 6.04 Å². The van der Waals surface area contributed by atoms with E-state index in [0.29, 0.717) is 6.42 Å². The van der Waals surface area contributed by atoms with Gasteiger partial charge < -0.3 is 5.32 Å². The number of amides is 2. The maximum atomic E-state index is 11.9. The predicted octanol–water partition coefficient (Wildman–Crippen LogP) is 3.49. The Morgan fingerprint density at radius 2 is 1.71 bits per heavy atom. The maximum Gasteiger partial charge on any atom is 0.248 e. The lowest BCUT2D eigenvalue weighted by Gasteiger charge is -2.14. The Kier molecular flexibility index (Phi) is 8.17. The Morgan fingerprint density at radius 3 is 2.38 bits per heavy atom. The molecule has 0 unspecified atom stereocenters. The molecule has 4 heteroatoms. The molecule has 116 valence electrons. The zero-order valence-electron chi connectivity index (χ0n) is 13.0. The SMILES string of the molecule is CCCCCCCC(=O)NC(=O)[C@H](C)Nc1ccccc1. The van der Waals surface area contributed by atoms with Gasteiger partial charge in [-0.25, -0.2) is 0 Å². The molecule has 0 aliphatic rings. The summed E-state index contributed by atoms with van der Waals surface area (Å²) >= 11 is 0. The summed E-state index contributed by atoms with van der Waals surface area (Å²) < 4.78 is 0. The molecule has 2 amide bonds. The third-order valence-electron chi connectivity index (χ3n) is 3.32. The van der Waals surface area contributed by atoms with Crippen LogP contribution in [-0.2, 0) is 9.59 Å². The first-order valence-electron chi connectivity index (χ1n) is 7.78. The minimum atomic E-state index is -0.434. The van der Waals surface area contributed by atoms with Crippen molar-refractivity contribution in [3.63, 3.8) is 0 Å². The van der Waals surface area contributed by atoms with Crippen LogP contribution >= 0.6 is 0 Å². The Bertz CT molecular complexity index is 432. The van der Waals surface area contributed by atoms with Gasteiger partial charge >= 0.3 is 0 Å². The number of carbonyl (C=O) groups excluding carboxylic acids is 2. The number of hydrogen-bond donors (Lipinski definition) is 2. The summed E-state index contributed by atoms with van der Waals surface area (Å²) in [4.78, 5) is 23.6. The fourth-order valence-corrected chi connectivity index (χ4v) is 2.05. The van der Waals surface area contributed by atoms with E-state index in [4.69, 9.17) is 0 Å². The van der Waals surface area contributed by atoms with E-state index in [0.717, 1.165) is 24.9 Å². The molecule has 0 fully saturated rings. The summed E-state index contributed by atoms with van der Waals surface area (Å²) in [5, 5.41) is 5.52. The minimum absolute atomic E-state index is 0.182. The first-order valence-corrected chi connectivity index (χ1v) is 7.78. The van der Waals surface area contributed by atoms with E-state index in [9.17, 15) is 9.59 Å². The van der Waals surface area contributed by atoms with E-state index in [1.807, 2.05) is 30.3 Å². The molecule has 21 heavy (non-hydrogen) atoms. The van der Waals surface area contributed by atoms with Gasteiger partial charge in [-0.05, 0) is 25.5 Å². The lowest BCUT2D eigenvalue weighted by molar-refractivity contribution is -0.130. The molecule has 1 aromatic rings. The number of hydrogen-bond acceptors (Lipinski definition) is 3. The molecular weight excluding hydrogens is 264 g/mol. The molecule has 2 N–H and O–H groups in total. The van der Waals surface area contributed by atoms with Crippen molar-refractivity contribution in [3.05, 3.63) is 30.3 Å². The van der Waals surface area contributed by atoms with Crippen LogP contribution < -0.4 is 10.6 Å². The standard InChI is InChI=1S/C17H26N2O2/c1-3-4-5-6-10-13-16(20)19-17(21)14(2)18-15-11-8-7-9-12-15/h7-9,11-12,14,18H,3-6,10,13H2,1-2H3,(H,19,20,21)/t14-/m0/s1. The van der Waals surface area contributed by atoms with Gasteiger partial charge in [0.05, 0.1) is 0 Å². The van der Waals surface area contributed by atoms with Crippen LogP contribution in [0.4, 0.5) is 5.69 Å². The molecule has 0 aliphatic carbocycles. The highest BCUT2D eigenvalue weighted by atomic mass is 16.2. The zero-order chi connectivity index (χ0) is 15.5. The molecule has 0 heterocycles. The van der Waals surface area contributed by atoms with Crippen LogP contribution in [0, 0.1) is 0 Å². The fraction of sp³-hybridized carbons (Fsp3) is 0.529. The molecule has 0 saturated heterocycles. The Hall–Kier alpha value is -1.84. The molecule has 0 saturated carbocycles. The van der Waals surface area contributed by atoms with Crippen molar-refractivity contribution in [2.24, 2.45) is 0 Å². The van der Waals surface area contributed by atoms with E-state index in [2.05, 4.69) is 17.6 Å². The predicted molar refractivity (Wildman–Crippen MR) is 86.1 cm³/mol. The summed E-state index contributed by atoms with van der Waals surface area (Å²) in [5.74, 6) is -0.462. The van der Waals surface area contributed by atoms with Crippen LogP contribution in [0.25, 0.3) is 0 Å². The van der Waals surface area contributed by atoms with Crippen molar-refractivity contribution < 1.29 is 9.59 Å². The van der Waals surface area contributed by atoms with Gasteiger partial charge in [0.25, 0.3) is 0 Å². The number of nitrogens with one attached hydrogen (secondary N) is 2. The first-order chi connectivity index (χ1) is 10.1. The Labute approximate surface area is 127 Å². The molecule has 0 radical (unpaired) electrons. The molecule has 0 spiro atoms. The quantitative estimate of drug-likeness (QED) is 0.684. The molecule has 1 atom stereocenters. The Morgan fingerprint density at radius 1 is 1.05 bits per heavy atom. The van der Waals surface area contributed by atoms with E-state index in [1.165, 1.54) is 12.8 Å². The molecule has 1 rings (SSSR count). The molecular formula is C17H26N2O2. The highest BCUT2D eigenvalue weighted by Crippen LogP contribution is 2.07. The molecule has 0 aromatic heterocycles. The number of imide groups is 1. The van der Waals surface area contributed by atoms with Gasteiger partial charge in [-0.2, -0.15) is 0 Å². The van der Waals surface area contributed by atoms with Crippen molar-refractivity contribution >= 4 is 17.5 Å². The van der Waals surface area contributed by atoms with Crippen molar-refractivity contribution in [2.75, 3.05) is 5.32 Å². The van der Waals surface area contributed by atoms with E-state index in [-0.39, 0.29) is 11.8 Å². The summed E-state index contributed by atoms with van der Waals surface area (Å²) in [6.07, 6.45) is 5.87. The lowest BCUT2D eigenvalue weighted by Crippen LogP contribution is -2.40. The van der Waals surface area contributed by atoms with Crippen LogP contribution in [0.2, 0.25) is 0 Å². The topological polar surface area (TPSA) is 58.2 Å². The van der Waals surface area contributed by atoms with Crippen molar-refractivity contribution in [1.82, 2.24) is 5.32 Å². The van der Waals surface area contributed by atoms with Crippen molar-refractivity contribution in [2.45, 2.75) is 58.4 Å². The van der Waals surface area contributed by atoms with Gasteiger partial charge in [0.15, 0.2) is 0 Å². The second-order valence-electron chi connectivity index (χ2n) is 5.31. The lowest BCUT2D eigenvalue weighted by atomic mass is 10.1. The first kappa shape index (κ1) is 17.2. The average Bonchev–Trinajstić information content (AvgIpc) is 2.48. The van der Waals surface area contributed by atoms with Crippen LogP contribution in [0.1, 0.15) is 52.4 Å². The van der Waals surface area contributed by atoms with Gasteiger partial charge in [-0.15, -0.1) is 0 Å². The number of rotatable bonds is 9. The minimum Gasteiger partial charge on any atom is -0.374 e. The van der Waals surface area contributed by atoms with Crippen LogP contribution in [0.3, 0.4) is 0 Å². The molecule has 0 aliphatic heterocycles. The van der Waals surface area contributed by atoms with Crippen molar-refractivity contribution in [3.8, 4) is 0 Å². The normalized spacial score (nSPS) is 11.7. The zero-order valence-corrected chi connectivity index (χ0v) is 13.0. The van der Waals surface area contributed by atoms with Gasteiger partial charge in [-0.1, -0.05) is 50.8 Å². The summed E-state index contributed by atoms with van der Waals surface area (Å²) in [6.45, 7) is 3.91. The average molecular weight is 290 g/mol. The monoisotopic (exact) mass is 290 g/mol. The number of benzene rings is 1. The number of anilines is 1. The number of para-hydroxylation sites is 1. The van der Waals surface area contributed by atoms with E-state index >= 15 is 0 Å². The maximum absolute atomic E-state index is 11.9. The summed E-state index contributed by atoms with van der Waals surface area (Å²) in [5.41, 5.74) is 0.868. The largest absolute Gasteiger partial charge is 0.374 e. The third kappa shape index (κ3) is 7.49. The smallest absolute Gasteiger partial charge is 0.248 e. The van der Waals surface area contributed by atoms with Gasteiger partial charge in [0.2, 0.25) is 11.8 Å². The van der Waals surface area contributed by atoms with Crippen molar-refractivity contribution in [1.29, 1.82) is 0 Å². The molecule has 1 aromatic carbocycles. The molecule has 0 bridgehead atoms. The van der Waals surface area contributed by atoms with Crippen LogP contribution in [0.15, 0.2) is 30.3 Å². The number of carbonyl (C=O) groups is 2. The summed E-state index contributed by atoms with van der Waals surface area (Å²) in [6, 6.07) is 9.05. The highest BCUT2D eigenvalue weighted by molar-refractivity contribution is 5.98. The highest BCUT2D eigenvalue weighted by Gasteiger charge is 2.15. The second-order valence-corrected chi connectivity index (χ2v) is 5.31. The number of unbranched alkanes of at least 4 members (excludes halogenated alkanes) is 4. The second kappa shape index (κ2) is 9.97. The van der Waals surface area contributed by atoms with E-state index in [1.54, 1.807) is 6.92 Å². The van der Waals surface area contributed by atoms with Gasteiger partial charge in [0, 0.05) is 12.1 Å². The fourth-order valence-electron chi connectivity index (χ4n) is 2.05. The van der Waals surface area contributed by atoms with Gasteiger partial charge in [0.1, 0.15) is 6.04 Å².